The summed E-state index contributed by atoms with van der Waals surface area (Å²) < 4.78 is 14.0. The highest BCUT2D eigenvalue weighted by molar-refractivity contribution is 6.30. The van der Waals surface area contributed by atoms with Crippen molar-refractivity contribution in [3.63, 3.8) is 0 Å². The molecule has 1 aliphatic rings. The highest BCUT2D eigenvalue weighted by Gasteiger charge is 2.27. The quantitative estimate of drug-likeness (QED) is 0.816. The monoisotopic (exact) mass is 269 g/mol. The van der Waals surface area contributed by atoms with Gasteiger partial charge >= 0.3 is 0 Å². The molecule has 1 atom stereocenters. The van der Waals surface area contributed by atoms with Gasteiger partial charge in [0.1, 0.15) is 5.82 Å². The van der Waals surface area contributed by atoms with Crippen LogP contribution in [0.1, 0.15) is 50.6 Å². The molecule has 0 saturated heterocycles. The summed E-state index contributed by atoms with van der Waals surface area (Å²) in [4.78, 5) is 0. The molecule has 1 fully saturated rings. The molecule has 0 aromatic heterocycles. The summed E-state index contributed by atoms with van der Waals surface area (Å²) in [5, 5.41) is 4.12. The van der Waals surface area contributed by atoms with E-state index in [1.165, 1.54) is 31.7 Å². The third-order valence-electron chi connectivity index (χ3n) is 3.78. The van der Waals surface area contributed by atoms with E-state index in [2.05, 4.69) is 12.2 Å². The van der Waals surface area contributed by atoms with Gasteiger partial charge < -0.3 is 5.32 Å². The van der Waals surface area contributed by atoms with Crippen molar-refractivity contribution in [1.29, 1.82) is 0 Å². The maximum absolute atomic E-state index is 14.0. The second-order valence-corrected chi connectivity index (χ2v) is 5.58. The predicted molar refractivity (Wildman–Crippen MR) is 74.4 cm³/mol. The van der Waals surface area contributed by atoms with Crippen LogP contribution in [0.25, 0.3) is 0 Å². The Kier molecular flexibility index (Phi) is 5.02. The van der Waals surface area contributed by atoms with Gasteiger partial charge in [-0.15, -0.1) is 0 Å². The highest BCUT2D eigenvalue weighted by atomic mass is 35.5. The molecule has 1 unspecified atom stereocenters. The van der Waals surface area contributed by atoms with Gasteiger partial charge in [0.05, 0.1) is 0 Å². The van der Waals surface area contributed by atoms with Crippen molar-refractivity contribution in [2.45, 2.75) is 45.1 Å². The normalized spacial score (nSPS) is 18.2. The van der Waals surface area contributed by atoms with Crippen LogP contribution in [0, 0.1) is 11.7 Å². The van der Waals surface area contributed by atoms with Crippen LogP contribution in [-0.4, -0.2) is 6.54 Å². The first kappa shape index (κ1) is 13.8. The van der Waals surface area contributed by atoms with Gasteiger partial charge in [-0.2, -0.15) is 0 Å². The number of hydrogen-bond donors (Lipinski definition) is 1. The third kappa shape index (κ3) is 3.24. The van der Waals surface area contributed by atoms with Gasteiger partial charge in [-0.05, 0) is 49.9 Å². The van der Waals surface area contributed by atoms with Crippen LogP contribution in [0.15, 0.2) is 18.2 Å². The fraction of sp³-hybridized carbons (Fsp3) is 0.600. The number of hydrogen-bond acceptors (Lipinski definition) is 1. The van der Waals surface area contributed by atoms with E-state index in [-0.39, 0.29) is 11.9 Å². The molecule has 3 heteroatoms. The molecular formula is C15H21ClFN. The van der Waals surface area contributed by atoms with Crippen LogP contribution in [0.2, 0.25) is 5.02 Å². The first-order chi connectivity index (χ1) is 8.72. The first-order valence-electron chi connectivity index (χ1n) is 6.90. The molecule has 0 bridgehead atoms. The molecule has 0 amide bonds. The molecule has 0 spiro atoms. The van der Waals surface area contributed by atoms with Gasteiger partial charge in [-0.3, -0.25) is 0 Å². The predicted octanol–water partition coefficient (Wildman–Crippen LogP) is 4.71. The van der Waals surface area contributed by atoms with Crippen molar-refractivity contribution in [3.05, 3.63) is 34.6 Å². The molecule has 1 saturated carbocycles. The molecule has 0 heterocycles. The molecule has 1 N–H and O–H groups in total. The van der Waals surface area contributed by atoms with Crippen LogP contribution in [0.5, 0.6) is 0 Å². The van der Waals surface area contributed by atoms with Crippen LogP contribution >= 0.6 is 11.6 Å². The Morgan fingerprint density at radius 2 is 2.11 bits per heavy atom. The zero-order chi connectivity index (χ0) is 13.0. The maximum Gasteiger partial charge on any atom is 0.128 e. The van der Waals surface area contributed by atoms with E-state index in [9.17, 15) is 4.39 Å². The van der Waals surface area contributed by atoms with Crippen molar-refractivity contribution < 1.29 is 4.39 Å². The molecule has 1 nitrogen and oxygen atoms in total. The molecule has 1 aliphatic carbocycles. The Balaban J connectivity index is 2.23. The van der Waals surface area contributed by atoms with Gasteiger partial charge in [0.15, 0.2) is 0 Å². The fourth-order valence-corrected chi connectivity index (χ4v) is 3.05. The topological polar surface area (TPSA) is 12.0 Å². The van der Waals surface area contributed by atoms with Crippen LogP contribution in [0.3, 0.4) is 0 Å². The van der Waals surface area contributed by atoms with Gasteiger partial charge in [0.2, 0.25) is 0 Å². The van der Waals surface area contributed by atoms with Crippen LogP contribution in [0.4, 0.5) is 4.39 Å². The van der Waals surface area contributed by atoms with Crippen molar-refractivity contribution in [2.75, 3.05) is 6.54 Å². The SMILES string of the molecule is CCCNC(c1cc(Cl)ccc1F)C1CCCC1. The maximum atomic E-state index is 14.0. The van der Waals surface area contributed by atoms with E-state index >= 15 is 0 Å². The summed E-state index contributed by atoms with van der Waals surface area (Å²) in [6.45, 7) is 3.06. The number of rotatable bonds is 5. The van der Waals surface area contributed by atoms with Gasteiger partial charge in [0.25, 0.3) is 0 Å². The van der Waals surface area contributed by atoms with Crippen molar-refractivity contribution >= 4 is 11.6 Å². The average molecular weight is 270 g/mol. The van der Waals surface area contributed by atoms with E-state index in [4.69, 9.17) is 11.6 Å². The molecule has 100 valence electrons. The highest BCUT2D eigenvalue weighted by Crippen LogP contribution is 2.37. The molecular weight excluding hydrogens is 249 g/mol. The Labute approximate surface area is 114 Å². The van der Waals surface area contributed by atoms with E-state index in [0.29, 0.717) is 10.9 Å². The number of benzene rings is 1. The molecule has 1 aromatic carbocycles. The Morgan fingerprint density at radius 3 is 2.78 bits per heavy atom. The van der Waals surface area contributed by atoms with Crippen molar-refractivity contribution in [2.24, 2.45) is 5.92 Å². The smallest absolute Gasteiger partial charge is 0.128 e. The third-order valence-corrected chi connectivity index (χ3v) is 4.01. The molecule has 2 rings (SSSR count). The number of halogens is 2. The van der Waals surface area contributed by atoms with E-state index in [1.54, 1.807) is 12.1 Å². The van der Waals surface area contributed by atoms with Crippen LogP contribution < -0.4 is 5.32 Å². The zero-order valence-corrected chi connectivity index (χ0v) is 11.6. The van der Waals surface area contributed by atoms with Crippen LogP contribution in [-0.2, 0) is 0 Å². The Bertz CT molecular complexity index is 388. The minimum atomic E-state index is -0.139. The largest absolute Gasteiger partial charge is 0.310 e. The summed E-state index contributed by atoms with van der Waals surface area (Å²) in [6, 6.07) is 4.99. The second kappa shape index (κ2) is 6.53. The standard InChI is InChI=1S/C15H21ClFN/c1-2-9-18-15(11-5-3-4-6-11)13-10-12(16)7-8-14(13)17/h7-8,10-11,15,18H,2-6,9H2,1H3. The first-order valence-corrected chi connectivity index (χ1v) is 7.28. The summed E-state index contributed by atoms with van der Waals surface area (Å²) in [7, 11) is 0. The summed E-state index contributed by atoms with van der Waals surface area (Å²) >= 11 is 6.01. The minimum absolute atomic E-state index is 0.117. The van der Waals surface area contributed by atoms with Gasteiger partial charge in [-0.1, -0.05) is 31.4 Å². The van der Waals surface area contributed by atoms with Crippen molar-refractivity contribution in [1.82, 2.24) is 5.32 Å². The summed E-state index contributed by atoms with van der Waals surface area (Å²) in [5.41, 5.74) is 0.739. The van der Waals surface area contributed by atoms with E-state index < -0.39 is 0 Å². The van der Waals surface area contributed by atoms with Crippen molar-refractivity contribution in [3.8, 4) is 0 Å². The lowest BCUT2D eigenvalue weighted by Crippen LogP contribution is -2.28. The summed E-state index contributed by atoms with van der Waals surface area (Å²) in [5.74, 6) is 0.407. The van der Waals surface area contributed by atoms with E-state index in [1.807, 2.05) is 0 Å². The number of nitrogens with one attached hydrogen (secondary N) is 1. The zero-order valence-electron chi connectivity index (χ0n) is 10.9. The van der Waals surface area contributed by atoms with Gasteiger partial charge in [-0.25, -0.2) is 4.39 Å². The van der Waals surface area contributed by atoms with Gasteiger partial charge in [0, 0.05) is 16.6 Å². The molecule has 1 aromatic rings. The lowest BCUT2D eigenvalue weighted by molar-refractivity contribution is 0.357. The molecule has 18 heavy (non-hydrogen) atoms. The molecule has 0 radical (unpaired) electrons. The Hall–Kier alpha value is -0.600. The fourth-order valence-electron chi connectivity index (χ4n) is 2.87. The summed E-state index contributed by atoms with van der Waals surface area (Å²) in [6.07, 6.45) is 5.96. The lowest BCUT2D eigenvalue weighted by Gasteiger charge is -2.25. The lowest BCUT2D eigenvalue weighted by atomic mass is 9.91. The molecule has 0 aliphatic heterocycles. The Morgan fingerprint density at radius 1 is 1.39 bits per heavy atom. The minimum Gasteiger partial charge on any atom is -0.310 e. The second-order valence-electron chi connectivity index (χ2n) is 5.14. The average Bonchev–Trinajstić information content (AvgIpc) is 2.88. The van der Waals surface area contributed by atoms with E-state index in [0.717, 1.165) is 18.5 Å².